The molecule has 5 heteroatoms. The van der Waals surface area contributed by atoms with E-state index in [0.29, 0.717) is 13.0 Å². The van der Waals surface area contributed by atoms with E-state index in [0.717, 1.165) is 12.0 Å². The Hall–Kier alpha value is -1.33. The van der Waals surface area contributed by atoms with E-state index in [2.05, 4.69) is 10.1 Å². The maximum absolute atomic E-state index is 11.4. The average molecular weight is 241 g/mol. The molecule has 1 aromatic heterocycles. The van der Waals surface area contributed by atoms with Crippen LogP contribution in [0.2, 0.25) is 0 Å². The Morgan fingerprint density at radius 3 is 3.00 bits per heavy atom. The second-order valence-electron chi connectivity index (χ2n) is 3.76. The van der Waals surface area contributed by atoms with E-state index in [1.807, 2.05) is 6.92 Å². The molecular formula is C12H19NO4. The van der Waals surface area contributed by atoms with Gasteiger partial charge in [-0.15, -0.1) is 0 Å². The maximum atomic E-state index is 11.4. The molecule has 1 unspecified atom stereocenters. The van der Waals surface area contributed by atoms with Crippen molar-refractivity contribution in [2.24, 2.45) is 0 Å². The van der Waals surface area contributed by atoms with Crippen molar-refractivity contribution >= 4 is 5.97 Å². The minimum Gasteiger partial charge on any atom is -0.463 e. The first-order chi connectivity index (χ1) is 8.22. The fourth-order valence-electron chi connectivity index (χ4n) is 1.61. The molecule has 17 heavy (non-hydrogen) atoms. The van der Waals surface area contributed by atoms with Gasteiger partial charge in [0.2, 0.25) is 5.76 Å². The molecule has 0 aliphatic rings. The minimum absolute atomic E-state index is 0.154. The molecule has 2 N–H and O–H groups in total. The predicted octanol–water partition coefficient (Wildman–Crippen LogP) is 1.32. The fourth-order valence-corrected chi connectivity index (χ4v) is 1.61. The molecule has 0 saturated heterocycles. The number of hydrogen-bond acceptors (Lipinski definition) is 5. The van der Waals surface area contributed by atoms with Gasteiger partial charge in [0.15, 0.2) is 0 Å². The molecule has 0 fully saturated rings. The number of nitrogens with one attached hydrogen (secondary N) is 1. The average Bonchev–Trinajstić information content (AvgIpc) is 2.81. The first kappa shape index (κ1) is 13.7. The molecule has 1 aromatic rings. The molecule has 96 valence electrons. The summed E-state index contributed by atoms with van der Waals surface area (Å²) in [5.41, 5.74) is 0.772. The lowest BCUT2D eigenvalue weighted by atomic mass is 10.1. The summed E-state index contributed by atoms with van der Waals surface area (Å²) >= 11 is 0. The molecule has 0 saturated carbocycles. The molecule has 0 aromatic carbocycles. The standard InChI is InChI=1S/C12H19NO4/c1-3-10(4-6-14)13-8-9-5-7-17-11(9)12(15)16-2/h5,7,10,13-14H,3-4,6,8H2,1-2H3. The minimum atomic E-state index is -0.470. The number of ether oxygens (including phenoxy) is 1. The van der Waals surface area contributed by atoms with Crippen molar-refractivity contribution in [1.82, 2.24) is 5.32 Å². The van der Waals surface area contributed by atoms with Crippen LogP contribution in [-0.2, 0) is 11.3 Å². The van der Waals surface area contributed by atoms with Crippen molar-refractivity contribution in [2.45, 2.75) is 32.4 Å². The van der Waals surface area contributed by atoms with Crippen molar-refractivity contribution < 1.29 is 19.1 Å². The van der Waals surface area contributed by atoms with E-state index in [1.165, 1.54) is 13.4 Å². The Labute approximate surface area is 101 Å². The third-order valence-corrected chi connectivity index (χ3v) is 2.67. The quantitative estimate of drug-likeness (QED) is 0.704. The van der Waals surface area contributed by atoms with E-state index in [4.69, 9.17) is 9.52 Å². The largest absolute Gasteiger partial charge is 0.463 e. The summed E-state index contributed by atoms with van der Waals surface area (Å²) in [6.07, 6.45) is 3.09. The van der Waals surface area contributed by atoms with E-state index >= 15 is 0 Å². The van der Waals surface area contributed by atoms with Gasteiger partial charge >= 0.3 is 5.97 Å². The van der Waals surface area contributed by atoms with Crippen molar-refractivity contribution in [3.8, 4) is 0 Å². The van der Waals surface area contributed by atoms with Gasteiger partial charge in [0.1, 0.15) is 0 Å². The van der Waals surface area contributed by atoms with Crippen LogP contribution >= 0.6 is 0 Å². The Kier molecular flexibility index (Phi) is 5.72. The van der Waals surface area contributed by atoms with Gasteiger partial charge in [-0.25, -0.2) is 4.79 Å². The van der Waals surface area contributed by atoms with E-state index in [1.54, 1.807) is 6.07 Å². The Morgan fingerprint density at radius 2 is 2.41 bits per heavy atom. The lowest BCUT2D eigenvalue weighted by Crippen LogP contribution is -2.29. The van der Waals surface area contributed by atoms with Crippen LogP contribution in [0.15, 0.2) is 16.7 Å². The molecule has 0 aliphatic heterocycles. The fraction of sp³-hybridized carbons (Fsp3) is 0.583. The summed E-state index contributed by atoms with van der Waals surface area (Å²) in [6.45, 7) is 2.73. The maximum Gasteiger partial charge on any atom is 0.374 e. The SMILES string of the molecule is CCC(CCO)NCc1ccoc1C(=O)OC. The van der Waals surface area contributed by atoms with Gasteiger partial charge in [-0.3, -0.25) is 0 Å². The second-order valence-corrected chi connectivity index (χ2v) is 3.76. The molecule has 1 rings (SSSR count). The Balaban J connectivity index is 2.56. The molecule has 5 nitrogen and oxygen atoms in total. The zero-order chi connectivity index (χ0) is 12.7. The summed E-state index contributed by atoms with van der Waals surface area (Å²) in [5, 5.41) is 12.1. The highest BCUT2D eigenvalue weighted by molar-refractivity contribution is 5.87. The molecule has 1 atom stereocenters. The first-order valence-electron chi connectivity index (χ1n) is 5.71. The Morgan fingerprint density at radius 1 is 1.65 bits per heavy atom. The van der Waals surface area contributed by atoms with Crippen molar-refractivity contribution in [3.05, 3.63) is 23.7 Å². The highest BCUT2D eigenvalue weighted by atomic mass is 16.5. The summed E-state index contributed by atoms with van der Waals surface area (Å²) in [5.74, 6) is -0.235. The normalized spacial score (nSPS) is 12.4. The van der Waals surface area contributed by atoms with Crippen LogP contribution in [-0.4, -0.2) is 30.8 Å². The van der Waals surface area contributed by atoms with Gasteiger partial charge in [-0.2, -0.15) is 0 Å². The van der Waals surface area contributed by atoms with E-state index < -0.39 is 5.97 Å². The number of aliphatic hydroxyl groups is 1. The lowest BCUT2D eigenvalue weighted by Gasteiger charge is -2.15. The highest BCUT2D eigenvalue weighted by Gasteiger charge is 2.16. The first-order valence-corrected chi connectivity index (χ1v) is 5.71. The van der Waals surface area contributed by atoms with E-state index in [9.17, 15) is 4.79 Å². The van der Waals surface area contributed by atoms with E-state index in [-0.39, 0.29) is 18.4 Å². The van der Waals surface area contributed by atoms with Gasteiger partial charge in [0.05, 0.1) is 13.4 Å². The van der Waals surface area contributed by atoms with Gasteiger partial charge in [-0.05, 0) is 18.9 Å². The zero-order valence-electron chi connectivity index (χ0n) is 10.2. The van der Waals surface area contributed by atoms with Gasteiger partial charge in [0.25, 0.3) is 0 Å². The molecule has 0 amide bonds. The van der Waals surface area contributed by atoms with Gasteiger partial charge in [0, 0.05) is 24.8 Å². The van der Waals surface area contributed by atoms with Crippen molar-refractivity contribution in [2.75, 3.05) is 13.7 Å². The monoisotopic (exact) mass is 241 g/mol. The molecule has 1 heterocycles. The summed E-state index contributed by atoms with van der Waals surface area (Å²) in [7, 11) is 1.32. The third kappa shape index (κ3) is 3.87. The molecule has 0 radical (unpaired) electrons. The van der Waals surface area contributed by atoms with Crippen LogP contribution in [0.25, 0.3) is 0 Å². The van der Waals surface area contributed by atoms with Crippen LogP contribution in [0.4, 0.5) is 0 Å². The number of aliphatic hydroxyl groups excluding tert-OH is 1. The van der Waals surface area contributed by atoms with Crippen LogP contribution < -0.4 is 5.32 Å². The number of esters is 1. The Bertz CT molecular complexity index is 348. The second kappa shape index (κ2) is 7.09. The number of furan rings is 1. The van der Waals surface area contributed by atoms with Crippen LogP contribution in [0.3, 0.4) is 0 Å². The number of carbonyl (C=O) groups is 1. The summed E-state index contributed by atoms with van der Waals surface area (Å²) in [6, 6.07) is 1.98. The summed E-state index contributed by atoms with van der Waals surface area (Å²) in [4.78, 5) is 11.4. The molecule has 0 spiro atoms. The lowest BCUT2D eigenvalue weighted by molar-refractivity contribution is 0.0563. The third-order valence-electron chi connectivity index (χ3n) is 2.67. The van der Waals surface area contributed by atoms with Crippen LogP contribution in [0.5, 0.6) is 0 Å². The number of methoxy groups -OCH3 is 1. The molecular weight excluding hydrogens is 222 g/mol. The predicted molar refractivity (Wildman–Crippen MR) is 62.7 cm³/mol. The van der Waals surface area contributed by atoms with Crippen LogP contribution in [0.1, 0.15) is 35.9 Å². The van der Waals surface area contributed by atoms with Gasteiger partial charge < -0.3 is 19.6 Å². The topological polar surface area (TPSA) is 71.7 Å². The van der Waals surface area contributed by atoms with Crippen molar-refractivity contribution in [1.29, 1.82) is 0 Å². The number of hydrogen-bond donors (Lipinski definition) is 2. The smallest absolute Gasteiger partial charge is 0.374 e. The number of carbonyl (C=O) groups excluding carboxylic acids is 1. The molecule has 0 bridgehead atoms. The van der Waals surface area contributed by atoms with Crippen LogP contribution in [0, 0.1) is 0 Å². The highest BCUT2D eigenvalue weighted by Crippen LogP contribution is 2.12. The zero-order valence-corrected chi connectivity index (χ0v) is 10.2. The van der Waals surface area contributed by atoms with Crippen molar-refractivity contribution in [3.63, 3.8) is 0 Å². The molecule has 0 aliphatic carbocycles. The number of rotatable bonds is 7. The van der Waals surface area contributed by atoms with Gasteiger partial charge in [-0.1, -0.05) is 6.92 Å². The summed E-state index contributed by atoms with van der Waals surface area (Å²) < 4.78 is 9.69.